The fourth-order valence-electron chi connectivity index (χ4n) is 4.68. The van der Waals surface area contributed by atoms with Crippen LogP contribution in [0.15, 0.2) is 30.6 Å². The Labute approximate surface area is 208 Å². The highest BCUT2D eigenvalue weighted by molar-refractivity contribution is 5.74. The Kier molecular flexibility index (Phi) is 6.59. The van der Waals surface area contributed by atoms with Gasteiger partial charge in [0.1, 0.15) is 17.6 Å². The van der Waals surface area contributed by atoms with E-state index in [2.05, 4.69) is 23.8 Å². The van der Waals surface area contributed by atoms with E-state index in [-0.39, 0.29) is 23.8 Å². The molecule has 0 spiro atoms. The second kappa shape index (κ2) is 9.83. The van der Waals surface area contributed by atoms with Crippen LogP contribution in [0.25, 0.3) is 11.3 Å². The van der Waals surface area contributed by atoms with Gasteiger partial charge in [0.05, 0.1) is 24.1 Å². The summed E-state index contributed by atoms with van der Waals surface area (Å²) < 4.78 is 35.0. The van der Waals surface area contributed by atoms with Crippen molar-refractivity contribution in [2.75, 3.05) is 24.5 Å². The van der Waals surface area contributed by atoms with Gasteiger partial charge in [0.15, 0.2) is 17.4 Å². The van der Waals surface area contributed by atoms with E-state index >= 15 is 0 Å². The summed E-state index contributed by atoms with van der Waals surface area (Å²) >= 11 is 0. The summed E-state index contributed by atoms with van der Waals surface area (Å²) in [7, 11) is 0. The van der Waals surface area contributed by atoms with Gasteiger partial charge in [-0.1, -0.05) is 0 Å². The van der Waals surface area contributed by atoms with Crippen molar-refractivity contribution in [2.24, 2.45) is 0 Å². The summed E-state index contributed by atoms with van der Waals surface area (Å²) in [5, 5.41) is 4.49. The van der Waals surface area contributed by atoms with Crippen molar-refractivity contribution in [1.82, 2.24) is 24.6 Å². The number of carbonyl (C=O) groups is 1. The van der Waals surface area contributed by atoms with Gasteiger partial charge in [-0.25, -0.2) is 18.7 Å². The van der Waals surface area contributed by atoms with E-state index < -0.39 is 11.6 Å². The number of hydrogen-bond acceptors (Lipinski definition) is 6. The molecule has 0 radical (unpaired) electrons. The Balaban J connectivity index is 1.40. The van der Waals surface area contributed by atoms with Crippen molar-refractivity contribution < 1.29 is 18.3 Å². The first kappa shape index (κ1) is 24.1. The summed E-state index contributed by atoms with van der Waals surface area (Å²) in [6.07, 6.45) is 5.59. The summed E-state index contributed by atoms with van der Waals surface area (Å²) in [6, 6.07) is 3.58. The van der Waals surface area contributed by atoms with E-state index in [4.69, 9.17) is 14.7 Å². The Bertz CT molecular complexity index is 1270. The third-order valence-electron chi connectivity index (χ3n) is 6.77. The van der Waals surface area contributed by atoms with Crippen LogP contribution in [-0.4, -0.2) is 56.3 Å². The molecule has 2 aliphatic rings. The first-order chi connectivity index (χ1) is 17.3. The molecular formula is C26H30F2N6O2. The maximum Gasteiger partial charge on any atom is 0.219 e. The highest BCUT2D eigenvalue weighted by Crippen LogP contribution is 2.33. The zero-order valence-electron chi connectivity index (χ0n) is 20.7. The Morgan fingerprint density at radius 1 is 1.11 bits per heavy atom. The molecule has 3 aromatic rings. The van der Waals surface area contributed by atoms with Crippen LogP contribution in [-0.2, 0) is 17.8 Å². The zero-order valence-corrected chi connectivity index (χ0v) is 20.7. The van der Waals surface area contributed by atoms with Gasteiger partial charge in [-0.05, 0) is 26.0 Å². The van der Waals surface area contributed by atoms with E-state index in [0.29, 0.717) is 45.4 Å². The van der Waals surface area contributed by atoms with Crippen molar-refractivity contribution in [3.05, 3.63) is 53.6 Å². The Morgan fingerprint density at radius 3 is 2.56 bits per heavy atom. The summed E-state index contributed by atoms with van der Waals surface area (Å²) in [6.45, 7) is 8.09. The van der Waals surface area contributed by atoms with Gasteiger partial charge in [0.2, 0.25) is 5.91 Å². The number of ether oxygens (including phenoxy) is 1. The molecule has 0 saturated carbocycles. The van der Waals surface area contributed by atoms with Crippen molar-refractivity contribution in [2.45, 2.75) is 58.7 Å². The lowest BCUT2D eigenvalue weighted by molar-refractivity contribution is -0.129. The quantitative estimate of drug-likeness (QED) is 0.528. The minimum absolute atomic E-state index is 0.0281. The predicted octanol–water partition coefficient (Wildman–Crippen LogP) is 4.15. The third-order valence-corrected chi connectivity index (χ3v) is 6.77. The van der Waals surface area contributed by atoms with Crippen LogP contribution < -0.4 is 9.64 Å². The monoisotopic (exact) mass is 496 g/mol. The van der Waals surface area contributed by atoms with E-state index in [1.807, 2.05) is 10.9 Å². The number of aromatic nitrogens is 4. The van der Waals surface area contributed by atoms with Crippen molar-refractivity contribution >= 4 is 11.7 Å². The molecule has 10 heteroatoms. The second-order valence-corrected chi connectivity index (χ2v) is 9.66. The molecule has 2 aromatic heterocycles. The number of rotatable bonds is 5. The SMILES string of the molecule is CC(=O)N1CCc2nc(N3CCC(Oc4ccc(F)cc4F)CC3)c(-c3cnn(C(C)C)c3)nc2C1. The molecule has 2 aliphatic heterocycles. The van der Waals surface area contributed by atoms with Crippen molar-refractivity contribution in [1.29, 1.82) is 0 Å². The molecule has 1 saturated heterocycles. The van der Waals surface area contributed by atoms with Gasteiger partial charge in [0.25, 0.3) is 0 Å². The topological polar surface area (TPSA) is 76.4 Å². The number of piperidine rings is 1. The lowest BCUT2D eigenvalue weighted by Gasteiger charge is -2.35. The lowest BCUT2D eigenvalue weighted by Crippen LogP contribution is -2.40. The molecule has 0 bridgehead atoms. The molecule has 4 heterocycles. The molecule has 0 unspecified atom stereocenters. The molecule has 0 aliphatic carbocycles. The average molecular weight is 497 g/mol. The molecule has 1 aromatic carbocycles. The number of anilines is 1. The normalized spacial score (nSPS) is 16.4. The minimum Gasteiger partial charge on any atom is -0.487 e. The molecule has 8 nitrogen and oxygen atoms in total. The molecule has 5 rings (SSSR count). The molecular weight excluding hydrogens is 466 g/mol. The molecule has 0 N–H and O–H groups in total. The molecule has 1 fully saturated rings. The lowest BCUT2D eigenvalue weighted by atomic mass is 10.1. The smallest absolute Gasteiger partial charge is 0.219 e. The van der Waals surface area contributed by atoms with Crippen LogP contribution in [0.2, 0.25) is 0 Å². The van der Waals surface area contributed by atoms with Crippen LogP contribution >= 0.6 is 0 Å². The van der Waals surface area contributed by atoms with Crippen LogP contribution in [0.3, 0.4) is 0 Å². The van der Waals surface area contributed by atoms with Crippen molar-refractivity contribution in [3.8, 4) is 17.0 Å². The number of carbonyl (C=O) groups excluding carboxylic acids is 1. The number of nitrogens with zero attached hydrogens (tertiary/aromatic N) is 6. The molecule has 36 heavy (non-hydrogen) atoms. The largest absolute Gasteiger partial charge is 0.487 e. The predicted molar refractivity (Wildman–Crippen MR) is 131 cm³/mol. The summed E-state index contributed by atoms with van der Waals surface area (Å²) in [4.78, 5) is 26.0. The van der Waals surface area contributed by atoms with Gasteiger partial charge < -0.3 is 14.5 Å². The molecule has 0 atom stereocenters. The number of halogens is 2. The van der Waals surface area contributed by atoms with Crippen LogP contribution in [0.1, 0.15) is 51.0 Å². The average Bonchev–Trinajstić information content (AvgIpc) is 3.36. The number of fused-ring (bicyclic) bond motifs is 1. The number of amides is 1. The molecule has 190 valence electrons. The van der Waals surface area contributed by atoms with Crippen molar-refractivity contribution in [3.63, 3.8) is 0 Å². The fourth-order valence-corrected chi connectivity index (χ4v) is 4.68. The van der Waals surface area contributed by atoms with Gasteiger partial charge in [0, 0.05) is 69.7 Å². The first-order valence-corrected chi connectivity index (χ1v) is 12.3. The zero-order chi connectivity index (χ0) is 25.4. The number of benzene rings is 1. The van der Waals surface area contributed by atoms with Crippen LogP contribution in [0.4, 0.5) is 14.6 Å². The van der Waals surface area contributed by atoms with Gasteiger partial charge >= 0.3 is 0 Å². The van der Waals surface area contributed by atoms with Crippen LogP contribution in [0, 0.1) is 11.6 Å². The molecule has 1 amide bonds. The maximum atomic E-state index is 14.1. The second-order valence-electron chi connectivity index (χ2n) is 9.66. The van der Waals surface area contributed by atoms with Crippen LogP contribution in [0.5, 0.6) is 5.75 Å². The van der Waals surface area contributed by atoms with E-state index in [1.54, 1.807) is 18.0 Å². The third kappa shape index (κ3) is 4.89. The fraction of sp³-hybridized carbons (Fsp3) is 0.462. The standard InChI is InChI=1S/C26H30F2N6O2/c1-16(2)34-14-18(13-29-34)25-26(31-22-8-11-33(17(3)35)15-23(22)30-25)32-9-6-20(7-10-32)36-24-5-4-19(27)12-21(24)28/h4-5,12-14,16,20H,6-11,15H2,1-3H3. The highest BCUT2D eigenvalue weighted by atomic mass is 19.1. The van der Waals surface area contributed by atoms with Gasteiger partial charge in [-0.2, -0.15) is 5.10 Å². The first-order valence-electron chi connectivity index (χ1n) is 12.3. The number of hydrogen-bond donors (Lipinski definition) is 0. The van der Waals surface area contributed by atoms with E-state index in [0.717, 1.165) is 34.5 Å². The van der Waals surface area contributed by atoms with E-state index in [1.165, 1.54) is 12.1 Å². The van der Waals surface area contributed by atoms with Gasteiger partial charge in [-0.15, -0.1) is 0 Å². The summed E-state index contributed by atoms with van der Waals surface area (Å²) in [5.41, 5.74) is 3.35. The maximum absolute atomic E-state index is 14.1. The summed E-state index contributed by atoms with van der Waals surface area (Å²) in [5.74, 6) is -0.428. The highest BCUT2D eigenvalue weighted by Gasteiger charge is 2.29. The Hall–Kier alpha value is -3.56. The minimum atomic E-state index is -0.693. The Morgan fingerprint density at radius 2 is 1.89 bits per heavy atom. The van der Waals surface area contributed by atoms with Gasteiger partial charge in [-0.3, -0.25) is 9.48 Å². The van der Waals surface area contributed by atoms with E-state index in [9.17, 15) is 13.6 Å².